The highest BCUT2D eigenvalue weighted by Gasteiger charge is 2.01. The first-order chi connectivity index (χ1) is 6.74. The lowest BCUT2D eigenvalue weighted by Gasteiger charge is -2.16. The van der Waals surface area contributed by atoms with Gasteiger partial charge in [0, 0.05) is 13.6 Å². The third kappa shape index (κ3) is 3.20. The van der Waals surface area contributed by atoms with Crippen molar-refractivity contribution in [2.24, 2.45) is 0 Å². The summed E-state index contributed by atoms with van der Waals surface area (Å²) in [5.41, 5.74) is 5.46. The molecule has 0 spiro atoms. The van der Waals surface area contributed by atoms with E-state index in [4.69, 9.17) is 5.73 Å². The molecule has 4 heteroatoms. The molecule has 0 aromatic carbocycles. The third-order valence-corrected chi connectivity index (χ3v) is 2.16. The molecule has 0 aliphatic rings. The zero-order valence-electron chi connectivity index (χ0n) is 8.90. The van der Waals surface area contributed by atoms with Gasteiger partial charge in [-0.05, 0) is 18.6 Å². The number of aromatic nitrogens is 2. The normalized spacial score (nSPS) is 10.1. The van der Waals surface area contributed by atoms with Crippen molar-refractivity contribution in [3.63, 3.8) is 0 Å². The SMILES string of the molecule is CCCCCN(C)c1ccc(N)nn1. The first-order valence-electron chi connectivity index (χ1n) is 5.04. The molecule has 0 unspecified atom stereocenters. The molecule has 0 saturated carbocycles. The number of nitrogen functional groups attached to an aromatic ring is 1. The molecular formula is C10H18N4. The van der Waals surface area contributed by atoms with Crippen molar-refractivity contribution >= 4 is 11.6 Å². The van der Waals surface area contributed by atoms with E-state index >= 15 is 0 Å². The van der Waals surface area contributed by atoms with Gasteiger partial charge in [-0.2, -0.15) is 0 Å². The Bertz CT molecular complexity index is 257. The summed E-state index contributed by atoms with van der Waals surface area (Å²) in [4.78, 5) is 2.10. The molecule has 2 N–H and O–H groups in total. The van der Waals surface area contributed by atoms with Gasteiger partial charge in [0.2, 0.25) is 0 Å². The predicted molar refractivity (Wildman–Crippen MR) is 59.2 cm³/mol. The highest BCUT2D eigenvalue weighted by Crippen LogP contribution is 2.09. The molecule has 0 aliphatic heterocycles. The lowest BCUT2D eigenvalue weighted by Crippen LogP contribution is -2.20. The van der Waals surface area contributed by atoms with Gasteiger partial charge in [0.05, 0.1) is 0 Å². The standard InChI is InChI=1S/C10H18N4/c1-3-4-5-8-14(2)10-7-6-9(11)12-13-10/h6-7H,3-5,8H2,1-2H3,(H2,11,12). The second-order valence-electron chi connectivity index (χ2n) is 3.45. The van der Waals surface area contributed by atoms with Crippen molar-refractivity contribution in [2.45, 2.75) is 26.2 Å². The van der Waals surface area contributed by atoms with Gasteiger partial charge in [-0.15, -0.1) is 10.2 Å². The Kier molecular flexibility index (Phi) is 4.16. The summed E-state index contributed by atoms with van der Waals surface area (Å²) in [6.45, 7) is 3.22. The Labute approximate surface area is 85.1 Å². The molecule has 0 aliphatic carbocycles. The average Bonchev–Trinajstić information content (AvgIpc) is 2.19. The summed E-state index contributed by atoms with van der Waals surface area (Å²) in [7, 11) is 2.02. The number of nitrogens with two attached hydrogens (primary N) is 1. The van der Waals surface area contributed by atoms with Crippen LogP contribution in [-0.2, 0) is 0 Å². The van der Waals surface area contributed by atoms with Crippen LogP contribution in [0.4, 0.5) is 11.6 Å². The number of hydrogen-bond donors (Lipinski definition) is 1. The zero-order valence-corrected chi connectivity index (χ0v) is 8.90. The van der Waals surface area contributed by atoms with E-state index < -0.39 is 0 Å². The molecule has 1 heterocycles. The van der Waals surface area contributed by atoms with E-state index in [0.29, 0.717) is 5.82 Å². The van der Waals surface area contributed by atoms with E-state index in [-0.39, 0.29) is 0 Å². The second kappa shape index (κ2) is 5.42. The van der Waals surface area contributed by atoms with Crippen LogP contribution < -0.4 is 10.6 Å². The largest absolute Gasteiger partial charge is 0.382 e. The number of anilines is 2. The highest BCUT2D eigenvalue weighted by molar-refractivity contribution is 5.40. The molecule has 0 saturated heterocycles. The third-order valence-electron chi connectivity index (χ3n) is 2.16. The van der Waals surface area contributed by atoms with Crippen molar-refractivity contribution in [3.8, 4) is 0 Å². The van der Waals surface area contributed by atoms with Crippen molar-refractivity contribution in [1.29, 1.82) is 0 Å². The summed E-state index contributed by atoms with van der Waals surface area (Å²) in [5.74, 6) is 1.35. The second-order valence-corrected chi connectivity index (χ2v) is 3.45. The Hall–Kier alpha value is -1.32. The van der Waals surface area contributed by atoms with Gasteiger partial charge in [-0.3, -0.25) is 0 Å². The number of unbranched alkanes of at least 4 members (excludes halogenated alkanes) is 2. The fraction of sp³-hybridized carbons (Fsp3) is 0.600. The maximum absolute atomic E-state index is 5.46. The van der Waals surface area contributed by atoms with Crippen LogP contribution in [0, 0.1) is 0 Å². The predicted octanol–water partition coefficient (Wildman–Crippen LogP) is 1.69. The molecule has 0 amide bonds. The average molecular weight is 194 g/mol. The van der Waals surface area contributed by atoms with E-state index in [1.165, 1.54) is 19.3 Å². The maximum Gasteiger partial charge on any atom is 0.151 e. The topological polar surface area (TPSA) is 55.0 Å². The molecule has 14 heavy (non-hydrogen) atoms. The smallest absolute Gasteiger partial charge is 0.151 e. The van der Waals surface area contributed by atoms with Crippen LogP contribution in [0.25, 0.3) is 0 Å². The quantitative estimate of drug-likeness (QED) is 0.725. The maximum atomic E-state index is 5.46. The summed E-state index contributed by atoms with van der Waals surface area (Å²) < 4.78 is 0. The van der Waals surface area contributed by atoms with Gasteiger partial charge in [0.25, 0.3) is 0 Å². The summed E-state index contributed by atoms with van der Waals surface area (Å²) in [5, 5.41) is 7.82. The van der Waals surface area contributed by atoms with Crippen molar-refractivity contribution in [2.75, 3.05) is 24.2 Å². The number of nitrogens with zero attached hydrogens (tertiary/aromatic N) is 3. The monoisotopic (exact) mass is 194 g/mol. The molecular weight excluding hydrogens is 176 g/mol. The molecule has 0 bridgehead atoms. The first-order valence-corrected chi connectivity index (χ1v) is 5.04. The summed E-state index contributed by atoms with van der Waals surface area (Å²) >= 11 is 0. The summed E-state index contributed by atoms with van der Waals surface area (Å²) in [6.07, 6.45) is 3.69. The van der Waals surface area contributed by atoms with Crippen LogP contribution in [0.1, 0.15) is 26.2 Å². The van der Waals surface area contributed by atoms with Crippen molar-refractivity contribution in [1.82, 2.24) is 10.2 Å². The summed E-state index contributed by atoms with van der Waals surface area (Å²) in [6, 6.07) is 3.67. The van der Waals surface area contributed by atoms with Crippen LogP contribution in [0.15, 0.2) is 12.1 Å². The van der Waals surface area contributed by atoms with Crippen LogP contribution >= 0.6 is 0 Å². The Morgan fingerprint density at radius 1 is 1.29 bits per heavy atom. The Balaban J connectivity index is 2.43. The van der Waals surface area contributed by atoms with Gasteiger partial charge in [0.1, 0.15) is 5.82 Å². The van der Waals surface area contributed by atoms with Gasteiger partial charge >= 0.3 is 0 Å². The minimum absolute atomic E-state index is 0.468. The molecule has 0 fully saturated rings. The van der Waals surface area contributed by atoms with Gasteiger partial charge in [-0.1, -0.05) is 19.8 Å². The van der Waals surface area contributed by atoms with Crippen LogP contribution in [0.2, 0.25) is 0 Å². The Morgan fingerprint density at radius 2 is 2.07 bits per heavy atom. The van der Waals surface area contributed by atoms with Gasteiger partial charge < -0.3 is 10.6 Å². The van der Waals surface area contributed by atoms with E-state index in [1.807, 2.05) is 13.1 Å². The van der Waals surface area contributed by atoms with E-state index in [9.17, 15) is 0 Å². The zero-order chi connectivity index (χ0) is 10.4. The van der Waals surface area contributed by atoms with Crippen LogP contribution in [0.3, 0.4) is 0 Å². The van der Waals surface area contributed by atoms with Gasteiger partial charge in [0.15, 0.2) is 5.82 Å². The van der Waals surface area contributed by atoms with Crippen molar-refractivity contribution < 1.29 is 0 Å². The van der Waals surface area contributed by atoms with Crippen LogP contribution in [-0.4, -0.2) is 23.8 Å². The fourth-order valence-electron chi connectivity index (χ4n) is 1.25. The molecule has 0 atom stereocenters. The van der Waals surface area contributed by atoms with Crippen LogP contribution in [0.5, 0.6) is 0 Å². The number of hydrogen-bond acceptors (Lipinski definition) is 4. The van der Waals surface area contributed by atoms with E-state index in [1.54, 1.807) is 6.07 Å². The molecule has 0 radical (unpaired) electrons. The first kappa shape index (κ1) is 10.8. The minimum atomic E-state index is 0.468. The Morgan fingerprint density at radius 3 is 2.64 bits per heavy atom. The van der Waals surface area contributed by atoms with E-state index in [0.717, 1.165) is 12.4 Å². The molecule has 1 rings (SSSR count). The molecule has 1 aromatic rings. The highest BCUT2D eigenvalue weighted by atomic mass is 15.3. The van der Waals surface area contributed by atoms with Crippen molar-refractivity contribution in [3.05, 3.63) is 12.1 Å². The molecule has 1 aromatic heterocycles. The minimum Gasteiger partial charge on any atom is -0.382 e. The number of rotatable bonds is 5. The van der Waals surface area contributed by atoms with E-state index in [2.05, 4.69) is 22.0 Å². The molecule has 78 valence electrons. The lowest BCUT2D eigenvalue weighted by molar-refractivity contribution is 0.698. The fourth-order valence-corrected chi connectivity index (χ4v) is 1.25. The van der Waals surface area contributed by atoms with Gasteiger partial charge in [-0.25, -0.2) is 0 Å². The lowest BCUT2D eigenvalue weighted by atomic mass is 10.2. The molecule has 4 nitrogen and oxygen atoms in total.